The number of nitrogens with zero attached hydrogens (tertiary/aromatic N) is 7. The summed E-state index contributed by atoms with van der Waals surface area (Å²) >= 11 is 0. The fourth-order valence-corrected chi connectivity index (χ4v) is 12.7. The molecule has 0 aromatic rings. The summed E-state index contributed by atoms with van der Waals surface area (Å²) in [5.41, 5.74) is 0. The number of rotatable bonds is 20. The first kappa shape index (κ1) is 93.6. The van der Waals surface area contributed by atoms with Crippen LogP contribution in [0, 0.1) is 53.3 Å². The van der Waals surface area contributed by atoms with E-state index in [-0.39, 0.29) is 68.1 Å². The summed E-state index contributed by atoms with van der Waals surface area (Å²) in [6, 6.07) is -12.3. The summed E-state index contributed by atoms with van der Waals surface area (Å²) < 4.78 is 0. The van der Waals surface area contributed by atoms with Gasteiger partial charge in [0.2, 0.25) is 65.0 Å². The lowest BCUT2D eigenvalue weighted by Gasteiger charge is -2.41. The first-order valence-corrected chi connectivity index (χ1v) is 36.9. The number of likely N-dealkylation sites (N-methyl/N-ethyl adjacent to an activating group) is 7. The van der Waals surface area contributed by atoms with E-state index >= 15 is 9.59 Å². The molecule has 586 valence electrons. The van der Waals surface area contributed by atoms with Gasteiger partial charge in [-0.25, -0.2) is 0 Å². The van der Waals surface area contributed by atoms with E-state index < -0.39 is 180 Å². The van der Waals surface area contributed by atoms with Crippen LogP contribution in [-0.2, 0) is 62.3 Å². The topological polar surface area (TPSA) is 353 Å². The van der Waals surface area contributed by atoms with Gasteiger partial charge in [0.15, 0.2) is 5.78 Å². The van der Waals surface area contributed by atoms with Crippen molar-refractivity contribution < 1.29 is 77.6 Å². The summed E-state index contributed by atoms with van der Waals surface area (Å²) in [7, 11) is 9.92. The lowest BCUT2D eigenvalue weighted by molar-refractivity contribution is -0.157. The number of nitrogens with one attached hydrogen (secondary N) is 4. The Balaban J connectivity index is 0.00000254. The highest BCUT2D eigenvalue weighted by atomic mass is 16.3. The number of Topliss-reactive ketones (excluding diaryl/α,β-unsaturated/α-hetero) is 1. The van der Waals surface area contributed by atoms with Crippen molar-refractivity contribution in [2.75, 3.05) is 55.9 Å². The zero-order chi connectivity index (χ0) is 79.5. The number of aliphatic hydroxyl groups excluding tert-OH is 3. The van der Waals surface area contributed by atoms with Gasteiger partial charge in [-0.3, -0.25) is 57.5 Å². The Morgan fingerprint density at radius 1 is 0.505 bits per heavy atom. The van der Waals surface area contributed by atoms with Crippen LogP contribution >= 0.6 is 0 Å². The molecule has 16 unspecified atom stereocenters. The molecule has 11 amide bonds. The highest BCUT2D eigenvalue weighted by molar-refractivity contribution is 6.00. The lowest BCUT2D eigenvalue weighted by atomic mass is 9.76. The third-order valence-electron chi connectivity index (χ3n) is 19.2. The van der Waals surface area contributed by atoms with Crippen LogP contribution in [0.2, 0.25) is 0 Å². The zero-order valence-electron chi connectivity index (χ0n) is 66.6. The van der Waals surface area contributed by atoms with Gasteiger partial charge in [-0.1, -0.05) is 147 Å². The van der Waals surface area contributed by atoms with E-state index in [4.69, 9.17) is 0 Å². The summed E-state index contributed by atoms with van der Waals surface area (Å²) in [4.78, 5) is 191. The van der Waals surface area contributed by atoms with Gasteiger partial charge in [0, 0.05) is 49.3 Å². The molecule has 2 fully saturated rings. The molecule has 0 spiro atoms. The minimum Gasteiger partial charge on any atom is -0.390 e. The maximum Gasteiger partial charge on any atom is 0.246 e. The van der Waals surface area contributed by atoms with Crippen molar-refractivity contribution in [3.05, 3.63) is 36.5 Å². The number of aliphatic hydroxyl groups is 3. The molecular weight excluding hydrogens is 1320 g/mol. The molecule has 0 radical (unpaired) electrons. The Kier molecular flexibility index (Phi) is 40.4. The Labute approximate surface area is 614 Å². The molecule has 7 N–H and O–H groups in total. The number of amides is 11. The number of carbonyl (C=O) groups excluding carboxylic acids is 13. The number of allylic oxidation sites excluding steroid dienone is 6. The normalized spacial score (nSPS) is 28.0. The number of carbonyl (C=O) groups is 13. The van der Waals surface area contributed by atoms with Crippen LogP contribution in [0.1, 0.15) is 182 Å². The summed E-state index contributed by atoms with van der Waals surface area (Å²) in [6.45, 7) is 31.4. The third kappa shape index (κ3) is 27.6. The van der Waals surface area contributed by atoms with Crippen LogP contribution in [0.15, 0.2) is 36.5 Å². The van der Waals surface area contributed by atoms with Gasteiger partial charge < -0.3 is 75.7 Å². The van der Waals surface area contributed by atoms with Crippen LogP contribution in [0.4, 0.5) is 0 Å². The monoisotopic (exact) mass is 1450 g/mol. The van der Waals surface area contributed by atoms with E-state index in [0.29, 0.717) is 12.7 Å². The predicted octanol–water partition coefficient (Wildman–Crippen LogP) is 4.29. The highest BCUT2D eigenvalue weighted by Crippen LogP contribution is 2.29. The average Bonchev–Trinajstić information content (AvgIpc) is 0.820. The van der Waals surface area contributed by atoms with Crippen LogP contribution in [0.25, 0.3) is 0 Å². The van der Waals surface area contributed by atoms with Gasteiger partial charge in [0.1, 0.15) is 72.8 Å². The molecule has 1 aliphatic heterocycles. The van der Waals surface area contributed by atoms with Gasteiger partial charge in [-0.15, -0.1) is 0 Å². The first-order chi connectivity index (χ1) is 47.8. The fraction of sp³-hybridized carbons (Fsp3) is 0.750. The van der Waals surface area contributed by atoms with Gasteiger partial charge in [0.25, 0.3) is 0 Å². The van der Waals surface area contributed by atoms with Crippen LogP contribution in [0.5, 0.6) is 0 Å². The van der Waals surface area contributed by atoms with E-state index in [1.54, 1.807) is 66.7 Å². The Hall–Kier alpha value is -7.39. The van der Waals surface area contributed by atoms with Crippen molar-refractivity contribution in [1.82, 2.24) is 55.6 Å². The Morgan fingerprint density at radius 2 is 0.971 bits per heavy atom. The smallest absolute Gasteiger partial charge is 0.246 e. The minimum absolute atomic E-state index is 0.0229. The van der Waals surface area contributed by atoms with Crippen molar-refractivity contribution in [2.45, 2.75) is 261 Å². The second-order valence-electron chi connectivity index (χ2n) is 30.7. The fourth-order valence-electron chi connectivity index (χ4n) is 12.7. The summed E-state index contributed by atoms with van der Waals surface area (Å²) in [5, 5.41) is 42.0. The lowest BCUT2D eigenvalue weighted by Crippen LogP contribution is -2.63. The van der Waals surface area contributed by atoms with E-state index in [1.807, 2.05) is 73.6 Å². The number of aldehydes is 1. The molecule has 2 aliphatic rings. The van der Waals surface area contributed by atoms with E-state index in [1.165, 1.54) is 87.7 Å². The van der Waals surface area contributed by atoms with Gasteiger partial charge in [-0.05, 0) is 119 Å². The van der Waals surface area contributed by atoms with Crippen molar-refractivity contribution in [3.63, 3.8) is 0 Å². The zero-order valence-corrected chi connectivity index (χ0v) is 66.6. The molecule has 0 aromatic heterocycles. The summed E-state index contributed by atoms with van der Waals surface area (Å²) in [5.74, 6) is -11.5. The molecule has 1 heterocycles. The molecule has 27 heteroatoms. The number of ketones is 1. The molecule has 2 rings (SSSR count). The number of unbranched alkanes of at least 4 members (excludes halogenated alkanes) is 1. The van der Waals surface area contributed by atoms with Crippen molar-refractivity contribution >= 4 is 77.0 Å². The highest BCUT2D eigenvalue weighted by Gasteiger charge is 2.46. The second-order valence-corrected chi connectivity index (χ2v) is 30.7. The van der Waals surface area contributed by atoms with Crippen LogP contribution in [-0.4, -0.2) is 261 Å². The maximum absolute atomic E-state index is 15.1. The Bertz CT molecular complexity index is 2930. The largest absolute Gasteiger partial charge is 0.390 e. The molecule has 16 atom stereocenters. The van der Waals surface area contributed by atoms with Gasteiger partial charge in [-0.2, -0.15) is 0 Å². The quantitative estimate of drug-likeness (QED) is 0.0387. The van der Waals surface area contributed by atoms with E-state index in [9.17, 15) is 68.1 Å². The molecular formula is C76H131N11O16. The van der Waals surface area contributed by atoms with E-state index in [0.717, 1.165) is 22.6 Å². The van der Waals surface area contributed by atoms with Crippen molar-refractivity contribution in [3.8, 4) is 0 Å². The second kappa shape index (κ2) is 44.4. The van der Waals surface area contributed by atoms with Gasteiger partial charge in [0.05, 0.1) is 24.7 Å². The standard InChI is InChI=1S/C62H111N11O12.C14H20O4/c1-25-27-28-40(15)52(75)51-56(79)65-43(26-2)58(81)67(18)33-48(74)68(19)44(29-34(3)4)55(78)66-49(38(11)12)61(84)69(20)45(30-35(5)6)54(77)63-41(16)53(76)64-42(17)57(80)70(21)46(31-36(7)8)59(82)71(22)47(32-37(9)10)60(83)72(23)50(39(13)14)62(85)73(51)24;1-2-3-4-5-6-7-10-8-12(16)14(18)13(17)11(10)9-15/h25,27,34-47,49-52,75H,26,28-33H2,1-24H3,(H,63,77)(H,64,76)(H,65,79)(H,66,78);4-7,9-12,14,16,18H,2-3,8H2,1H3. The molecule has 1 saturated heterocycles. The average molecular weight is 1450 g/mol. The molecule has 0 aromatic carbocycles. The number of hydrogen-bond acceptors (Lipinski definition) is 16. The molecule has 27 nitrogen and oxygen atoms in total. The molecule has 103 heavy (non-hydrogen) atoms. The molecule has 1 saturated carbocycles. The van der Waals surface area contributed by atoms with Gasteiger partial charge >= 0.3 is 0 Å². The number of hydrogen-bond donors (Lipinski definition) is 7. The summed E-state index contributed by atoms with van der Waals surface area (Å²) in [6.07, 6.45) is 10.8. The minimum atomic E-state index is -1.61. The Morgan fingerprint density at radius 3 is 1.45 bits per heavy atom. The molecule has 1 aliphatic carbocycles. The third-order valence-corrected chi connectivity index (χ3v) is 19.2. The first-order valence-electron chi connectivity index (χ1n) is 36.9. The van der Waals surface area contributed by atoms with Crippen molar-refractivity contribution in [2.24, 2.45) is 53.3 Å². The van der Waals surface area contributed by atoms with Crippen LogP contribution < -0.4 is 21.3 Å². The van der Waals surface area contributed by atoms with Crippen molar-refractivity contribution in [1.29, 1.82) is 0 Å². The SMILES string of the molecule is CC=CCC(C)C(O)C1C(=O)NC(CC)C(=O)N(C)CC(=O)N(C)C(CC(C)C)C(=O)NC(C(C)C)C(=O)N(C)C(CC(C)C)C(=O)NC(C)C(=O)NC(C)C(=O)N(C)C(CC(C)C)C(=O)N(C)C(CC(C)C)C(=O)N(C)C(C(C)C)C(=O)N1C.CCCC=CC=CC1CC(O)C(O)C(=O)C1C=O. The maximum atomic E-state index is 15.1. The van der Waals surface area contributed by atoms with Crippen LogP contribution in [0.3, 0.4) is 0 Å². The predicted molar refractivity (Wildman–Crippen MR) is 396 cm³/mol. The van der Waals surface area contributed by atoms with E-state index in [2.05, 4.69) is 28.2 Å². The molecule has 0 bridgehead atoms.